The summed E-state index contributed by atoms with van der Waals surface area (Å²) in [5.41, 5.74) is 0.571. The van der Waals surface area contributed by atoms with Gasteiger partial charge in [0.2, 0.25) is 0 Å². The number of rotatable bonds is 4. The first-order valence-electron chi connectivity index (χ1n) is 5.64. The Bertz CT molecular complexity index is 350. The van der Waals surface area contributed by atoms with Gasteiger partial charge in [-0.1, -0.05) is 38.1 Å². The van der Waals surface area contributed by atoms with Gasteiger partial charge in [-0.3, -0.25) is 0 Å². The topological polar surface area (TPSA) is 20.2 Å². The average Bonchev–Trinajstić information content (AvgIpc) is 2.15. The molecule has 0 saturated heterocycles. The number of hydrogen-bond donors (Lipinski definition) is 1. The van der Waals surface area contributed by atoms with Gasteiger partial charge in [0.1, 0.15) is 5.67 Å². The standard InChI is InChI=1S/C14H21FO/c1-13(2,10-16)12-7-5-6-11(8-12)9-14(3,4)15/h5-8,16H,9-10H2,1-4H3. The van der Waals surface area contributed by atoms with Gasteiger partial charge in [0.15, 0.2) is 0 Å². The van der Waals surface area contributed by atoms with Crippen LogP contribution in [0.25, 0.3) is 0 Å². The van der Waals surface area contributed by atoms with E-state index in [0.29, 0.717) is 6.42 Å². The fourth-order valence-corrected chi connectivity index (χ4v) is 1.68. The van der Waals surface area contributed by atoms with Gasteiger partial charge in [-0.05, 0) is 25.0 Å². The Morgan fingerprint density at radius 2 is 1.81 bits per heavy atom. The van der Waals surface area contributed by atoms with E-state index in [-0.39, 0.29) is 12.0 Å². The van der Waals surface area contributed by atoms with E-state index in [2.05, 4.69) is 0 Å². The highest BCUT2D eigenvalue weighted by Crippen LogP contribution is 2.25. The SMILES string of the molecule is CC(C)(F)Cc1cccc(C(C)(C)CO)c1. The first kappa shape index (κ1) is 13.2. The van der Waals surface area contributed by atoms with Crippen molar-refractivity contribution < 1.29 is 9.50 Å². The van der Waals surface area contributed by atoms with E-state index in [0.717, 1.165) is 11.1 Å². The Kier molecular flexibility index (Phi) is 3.74. The Morgan fingerprint density at radius 1 is 1.19 bits per heavy atom. The fourth-order valence-electron chi connectivity index (χ4n) is 1.68. The monoisotopic (exact) mass is 224 g/mol. The molecule has 0 bridgehead atoms. The summed E-state index contributed by atoms with van der Waals surface area (Å²) < 4.78 is 13.5. The molecule has 90 valence electrons. The molecule has 1 rings (SSSR count). The van der Waals surface area contributed by atoms with Gasteiger partial charge in [0.25, 0.3) is 0 Å². The molecule has 0 aliphatic carbocycles. The molecule has 0 amide bonds. The summed E-state index contributed by atoms with van der Waals surface area (Å²) in [5.74, 6) is 0. The number of aliphatic hydroxyl groups is 1. The molecule has 1 nitrogen and oxygen atoms in total. The second kappa shape index (κ2) is 4.54. The van der Waals surface area contributed by atoms with Crippen molar-refractivity contribution in [2.24, 2.45) is 0 Å². The fraction of sp³-hybridized carbons (Fsp3) is 0.571. The summed E-state index contributed by atoms with van der Waals surface area (Å²) in [5, 5.41) is 9.30. The van der Waals surface area contributed by atoms with Crippen LogP contribution >= 0.6 is 0 Å². The van der Waals surface area contributed by atoms with Crippen molar-refractivity contribution in [3.05, 3.63) is 35.4 Å². The second-order valence-electron chi connectivity index (χ2n) is 5.64. The molecule has 0 heterocycles. The number of aliphatic hydroxyl groups excluding tert-OH is 1. The minimum absolute atomic E-state index is 0.0927. The lowest BCUT2D eigenvalue weighted by atomic mass is 9.84. The van der Waals surface area contributed by atoms with E-state index in [1.54, 1.807) is 13.8 Å². The van der Waals surface area contributed by atoms with Crippen molar-refractivity contribution in [2.75, 3.05) is 6.61 Å². The van der Waals surface area contributed by atoms with Gasteiger partial charge >= 0.3 is 0 Å². The maximum atomic E-state index is 13.5. The summed E-state index contributed by atoms with van der Waals surface area (Å²) in [4.78, 5) is 0. The van der Waals surface area contributed by atoms with Crippen molar-refractivity contribution in [1.29, 1.82) is 0 Å². The quantitative estimate of drug-likeness (QED) is 0.832. The third kappa shape index (κ3) is 3.60. The minimum Gasteiger partial charge on any atom is -0.395 e. The van der Waals surface area contributed by atoms with Crippen molar-refractivity contribution in [1.82, 2.24) is 0 Å². The summed E-state index contributed by atoms with van der Waals surface area (Å²) in [7, 11) is 0. The third-order valence-corrected chi connectivity index (χ3v) is 2.73. The van der Waals surface area contributed by atoms with E-state index in [1.165, 1.54) is 0 Å². The predicted molar refractivity (Wildman–Crippen MR) is 65.4 cm³/mol. The normalized spacial score (nSPS) is 12.9. The van der Waals surface area contributed by atoms with Crippen molar-refractivity contribution in [3.8, 4) is 0 Å². The van der Waals surface area contributed by atoms with Gasteiger partial charge < -0.3 is 5.11 Å². The smallest absolute Gasteiger partial charge is 0.109 e. The van der Waals surface area contributed by atoms with Gasteiger partial charge in [-0.2, -0.15) is 0 Å². The highest BCUT2D eigenvalue weighted by Gasteiger charge is 2.21. The maximum absolute atomic E-state index is 13.5. The van der Waals surface area contributed by atoms with Gasteiger partial charge in [-0.25, -0.2) is 4.39 Å². The first-order chi connectivity index (χ1) is 7.24. The molecule has 0 atom stereocenters. The molecule has 16 heavy (non-hydrogen) atoms. The van der Waals surface area contributed by atoms with E-state index in [1.807, 2.05) is 38.1 Å². The Morgan fingerprint density at radius 3 is 2.31 bits per heavy atom. The molecule has 0 aromatic heterocycles. The molecular formula is C14H21FO. The lowest BCUT2D eigenvalue weighted by Gasteiger charge is -2.23. The van der Waals surface area contributed by atoms with Crippen LogP contribution in [0.5, 0.6) is 0 Å². The molecule has 1 aromatic rings. The lowest BCUT2D eigenvalue weighted by molar-refractivity contribution is 0.214. The third-order valence-electron chi connectivity index (χ3n) is 2.73. The maximum Gasteiger partial charge on any atom is 0.109 e. The molecule has 0 spiro atoms. The Hall–Kier alpha value is -0.890. The van der Waals surface area contributed by atoms with Crippen LogP contribution in [0.4, 0.5) is 4.39 Å². The molecule has 2 heteroatoms. The second-order valence-corrected chi connectivity index (χ2v) is 5.64. The molecule has 0 saturated carbocycles. The van der Waals surface area contributed by atoms with E-state index in [9.17, 15) is 9.50 Å². The molecule has 0 unspecified atom stereocenters. The largest absolute Gasteiger partial charge is 0.395 e. The molecule has 1 aromatic carbocycles. The van der Waals surface area contributed by atoms with Crippen LogP contribution in [0, 0.1) is 0 Å². The van der Waals surface area contributed by atoms with Crippen LogP contribution in [-0.4, -0.2) is 17.4 Å². The Labute approximate surface area is 97.3 Å². The molecule has 0 aliphatic heterocycles. The van der Waals surface area contributed by atoms with Gasteiger partial charge in [-0.15, -0.1) is 0 Å². The van der Waals surface area contributed by atoms with Crippen molar-refractivity contribution in [3.63, 3.8) is 0 Å². The molecule has 0 radical (unpaired) electrons. The zero-order chi connectivity index (χ0) is 12.4. The molecule has 0 fully saturated rings. The summed E-state index contributed by atoms with van der Waals surface area (Å²) in [6.45, 7) is 7.21. The van der Waals surface area contributed by atoms with Crippen LogP contribution in [-0.2, 0) is 11.8 Å². The van der Waals surface area contributed by atoms with Crippen LogP contribution in [0.15, 0.2) is 24.3 Å². The molecular weight excluding hydrogens is 203 g/mol. The summed E-state index contributed by atoms with van der Waals surface area (Å²) in [6.07, 6.45) is 0.405. The van der Waals surface area contributed by atoms with E-state index < -0.39 is 5.67 Å². The predicted octanol–water partition coefficient (Wildman–Crippen LogP) is 3.25. The van der Waals surface area contributed by atoms with Crippen LogP contribution in [0.2, 0.25) is 0 Å². The first-order valence-corrected chi connectivity index (χ1v) is 5.64. The number of benzene rings is 1. The van der Waals surface area contributed by atoms with Crippen LogP contribution in [0.3, 0.4) is 0 Å². The highest BCUT2D eigenvalue weighted by molar-refractivity contribution is 5.30. The van der Waals surface area contributed by atoms with Gasteiger partial charge in [0, 0.05) is 11.8 Å². The highest BCUT2D eigenvalue weighted by atomic mass is 19.1. The van der Waals surface area contributed by atoms with Gasteiger partial charge in [0.05, 0.1) is 6.61 Å². The summed E-state index contributed by atoms with van der Waals surface area (Å²) in [6, 6.07) is 7.81. The molecule has 1 N–H and O–H groups in total. The summed E-state index contributed by atoms with van der Waals surface area (Å²) >= 11 is 0. The minimum atomic E-state index is -1.19. The van der Waals surface area contributed by atoms with E-state index >= 15 is 0 Å². The van der Waals surface area contributed by atoms with Crippen molar-refractivity contribution in [2.45, 2.75) is 45.2 Å². The number of alkyl halides is 1. The van der Waals surface area contributed by atoms with Crippen LogP contribution in [0.1, 0.15) is 38.8 Å². The van der Waals surface area contributed by atoms with Crippen molar-refractivity contribution >= 4 is 0 Å². The number of halogens is 1. The van der Waals surface area contributed by atoms with E-state index in [4.69, 9.17) is 0 Å². The molecule has 0 aliphatic rings. The number of hydrogen-bond acceptors (Lipinski definition) is 1. The zero-order valence-corrected chi connectivity index (χ0v) is 10.5. The zero-order valence-electron chi connectivity index (χ0n) is 10.5. The van der Waals surface area contributed by atoms with Crippen LogP contribution < -0.4 is 0 Å². The lowest BCUT2D eigenvalue weighted by Crippen LogP contribution is -2.23. The average molecular weight is 224 g/mol. The Balaban J connectivity index is 2.96.